The third kappa shape index (κ3) is 6.32. The lowest BCUT2D eigenvalue weighted by Crippen LogP contribution is -2.39. The number of rotatable bonds is 8. The van der Waals surface area contributed by atoms with Gasteiger partial charge in [-0.05, 0) is 51.5 Å². The van der Waals surface area contributed by atoms with Gasteiger partial charge < -0.3 is 19.5 Å². The minimum atomic E-state index is -0.848. The molecule has 1 N–H and O–H groups in total. The van der Waals surface area contributed by atoms with Gasteiger partial charge in [-0.2, -0.15) is 0 Å². The first kappa shape index (κ1) is 19.5. The van der Waals surface area contributed by atoms with Crippen molar-refractivity contribution in [3.8, 4) is 11.5 Å². The molecule has 6 heteroatoms. The van der Waals surface area contributed by atoms with Crippen molar-refractivity contribution in [2.45, 2.75) is 39.8 Å². The van der Waals surface area contributed by atoms with Gasteiger partial charge in [0.1, 0.15) is 0 Å². The number of esters is 1. The molecule has 1 rings (SSSR count). The van der Waals surface area contributed by atoms with Gasteiger partial charge in [0, 0.05) is 12.1 Å². The van der Waals surface area contributed by atoms with Gasteiger partial charge in [0.2, 0.25) is 0 Å². The molecule has 1 aromatic rings. The zero-order chi connectivity index (χ0) is 18.1. The molecule has 6 nitrogen and oxygen atoms in total. The maximum atomic E-state index is 11.8. The number of amides is 1. The highest BCUT2D eigenvalue weighted by molar-refractivity contribution is 5.90. The van der Waals surface area contributed by atoms with Crippen LogP contribution < -0.4 is 14.8 Å². The normalized spacial score (nSPS) is 12.1. The van der Waals surface area contributed by atoms with Crippen LogP contribution in [0.2, 0.25) is 0 Å². The number of nitrogens with one attached hydrogen (secondary N) is 1. The van der Waals surface area contributed by atoms with Crippen molar-refractivity contribution in [2.75, 3.05) is 13.7 Å². The topological polar surface area (TPSA) is 73.9 Å². The number of hydrogen-bond acceptors (Lipinski definition) is 5. The first-order valence-electron chi connectivity index (χ1n) is 7.87. The van der Waals surface area contributed by atoms with Crippen molar-refractivity contribution in [3.63, 3.8) is 0 Å². The Morgan fingerprint density at radius 3 is 2.50 bits per heavy atom. The molecule has 0 spiro atoms. The molecule has 0 radical (unpaired) electrons. The van der Waals surface area contributed by atoms with E-state index in [-0.39, 0.29) is 11.9 Å². The molecular weight excluding hydrogens is 310 g/mol. The average Bonchev–Trinajstić information content (AvgIpc) is 2.53. The molecule has 0 saturated heterocycles. The smallest absolute Gasteiger partial charge is 0.331 e. The highest BCUT2D eigenvalue weighted by Gasteiger charge is 2.16. The van der Waals surface area contributed by atoms with E-state index in [2.05, 4.69) is 5.32 Å². The third-order valence-corrected chi connectivity index (χ3v) is 2.99. The van der Waals surface area contributed by atoms with Crippen LogP contribution in [0, 0.1) is 0 Å². The lowest BCUT2D eigenvalue weighted by Gasteiger charge is -2.14. The van der Waals surface area contributed by atoms with Gasteiger partial charge in [-0.1, -0.05) is 6.07 Å². The summed E-state index contributed by atoms with van der Waals surface area (Å²) in [6.07, 6.45) is 2.02. The molecule has 0 aliphatic heterocycles. The maximum Gasteiger partial charge on any atom is 0.331 e. The summed E-state index contributed by atoms with van der Waals surface area (Å²) in [5, 5.41) is 2.68. The quantitative estimate of drug-likeness (QED) is 0.584. The zero-order valence-electron chi connectivity index (χ0n) is 14.8. The van der Waals surface area contributed by atoms with E-state index in [4.69, 9.17) is 14.2 Å². The number of methoxy groups -OCH3 is 1. The summed E-state index contributed by atoms with van der Waals surface area (Å²) in [6.45, 7) is 7.63. The van der Waals surface area contributed by atoms with Gasteiger partial charge in [0.05, 0.1) is 13.7 Å². The molecule has 132 valence electrons. The Balaban J connectivity index is 2.68. The van der Waals surface area contributed by atoms with E-state index >= 15 is 0 Å². The largest absolute Gasteiger partial charge is 0.493 e. The first-order chi connectivity index (χ1) is 11.4. The van der Waals surface area contributed by atoms with Gasteiger partial charge in [-0.25, -0.2) is 4.79 Å². The van der Waals surface area contributed by atoms with E-state index in [1.165, 1.54) is 13.0 Å². The van der Waals surface area contributed by atoms with Crippen LogP contribution >= 0.6 is 0 Å². The monoisotopic (exact) mass is 335 g/mol. The molecule has 0 aromatic heterocycles. The second kappa shape index (κ2) is 9.60. The number of ether oxygens (including phenoxy) is 3. The predicted octanol–water partition coefficient (Wildman–Crippen LogP) is 2.56. The van der Waals surface area contributed by atoms with E-state index < -0.39 is 12.1 Å². The number of hydrogen-bond donors (Lipinski definition) is 1. The molecule has 0 aliphatic rings. The summed E-state index contributed by atoms with van der Waals surface area (Å²) in [4.78, 5) is 23.5. The van der Waals surface area contributed by atoms with Crippen molar-refractivity contribution in [1.82, 2.24) is 5.32 Å². The fourth-order valence-electron chi connectivity index (χ4n) is 1.90. The molecule has 1 aromatic carbocycles. The molecule has 0 aliphatic carbocycles. The highest BCUT2D eigenvalue weighted by Crippen LogP contribution is 2.28. The van der Waals surface area contributed by atoms with Crippen molar-refractivity contribution in [1.29, 1.82) is 0 Å². The highest BCUT2D eigenvalue weighted by atomic mass is 16.5. The molecule has 1 amide bonds. The first-order valence-corrected chi connectivity index (χ1v) is 7.87. The SMILES string of the molecule is CCOc1ccc(/C=C/C(=O)O[C@@H](C)C(=O)NC(C)C)cc1OC. The van der Waals surface area contributed by atoms with Crippen LogP contribution in [-0.2, 0) is 14.3 Å². The maximum absolute atomic E-state index is 11.8. The standard InChI is InChI=1S/C18H25NO5/c1-6-23-15-9-7-14(11-16(15)22-5)8-10-17(20)24-13(4)18(21)19-12(2)3/h7-13H,6H2,1-5H3,(H,19,21)/b10-8+/t13-/m0/s1. The van der Waals surface area contributed by atoms with Gasteiger partial charge in [0.25, 0.3) is 5.91 Å². The second-order valence-electron chi connectivity index (χ2n) is 5.42. The summed E-state index contributed by atoms with van der Waals surface area (Å²) in [7, 11) is 1.55. The molecule has 0 heterocycles. The minimum Gasteiger partial charge on any atom is -0.493 e. The Kier molecular flexibility index (Phi) is 7.82. The molecule has 0 saturated carbocycles. The van der Waals surface area contributed by atoms with Gasteiger partial charge in [-0.15, -0.1) is 0 Å². The number of benzene rings is 1. The predicted molar refractivity (Wildman–Crippen MR) is 92.0 cm³/mol. The molecule has 0 bridgehead atoms. The van der Waals surface area contributed by atoms with Crippen LogP contribution in [0.25, 0.3) is 6.08 Å². The molecule has 0 fully saturated rings. The fraction of sp³-hybridized carbons (Fsp3) is 0.444. The Bertz CT molecular complexity index is 595. The van der Waals surface area contributed by atoms with E-state index in [9.17, 15) is 9.59 Å². The lowest BCUT2D eigenvalue weighted by molar-refractivity contribution is -0.150. The molecular formula is C18H25NO5. The van der Waals surface area contributed by atoms with E-state index in [1.54, 1.807) is 31.4 Å². The van der Waals surface area contributed by atoms with Crippen LogP contribution in [0.3, 0.4) is 0 Å². The van der Waals surface area contributed by atoms with Crippen LogP contribution in [-0.4, -0.2) is 37.7 Å². The summed E-state index contributed by atoms with van der Waals surface area (Å²) in [6, 6.07) is 5.31. The van der Waals surface area contributed by atoms with Gasteiger partial charge in [-0.3, -0.25) is 4.79 Å². The Hall–Kier alpha value is -2.50. The van der Waals surface area contributed by atoms with Crippen LogP contribution in [0.1, 0.15) is 33.3 Å². The van der Waals surface area contributed by atoms with E-state index in [0.29, 0.717) is 18.1 Å². The van der Waals surface area contributed by atoms with Crippen molar-refractivity contribution < 1.29 is 23.8 Å². The molecule has 0 unspecified atom stereocenters. The van der Waals surface area contributed by atoms with Crippen LogP contribution in [0.5, 0.6) is 11.5 Å². The summed E-state index contributed by atoms with van der Waals surface area (Å²) in [5.74, 6) is 0.305. The van der Waals surface area contributed by atoms with E-state index in [0.717, 1.165) is 5.56 Å². The number of carbonyl (C=O) groups is 2. The summed E-state index contributed by atoms with van der Waals surface area (Å²) in [5.41, 5.74) is 0.756. The van der Waals surface area contributed by atoms with Gasteiger partial charge >= 0.3 is 5.97 Å². The Labute approximate surface area is 142 Å². The van der Waals surface area contributed by atoms with Crippen molar-refractivity contribution in [3.05, 3.63) is 29.8 Å². The molecule has 24 heavy (non-hydrogen) atoms. The molecule has 1 atom stereocenters. The minimum absolute atomic E-state index is 0.00878. The summed E-state index contributed by atoms with van der Waals surface area (Å²) >= 11 is 0. The lowest BCUT2D eigenvalue weighted by atomic mass is 10.2. The summed E-state index contributed by atoms with van der Waals surface area (Å²) < 4.78 is 15.7. The van der Waals surface area contributed by atoms with Crippen LogP contribution in [0.15, 0.2) is 24.3 Å². The Morgan fingerprint density at radius 2 is 1.92 bits per heavy atom. The van der Waals surface area contributed by atoms with Gasteiger partial charge in [0.15, 0.2) is 17.6 Å². The fourth-order valence-corrected chi connectivity index (χ4v) is 1.90. The van der Waals surface area contributed by atoms with Crippen LogP contribution in [0.4, 0.5) is 0 Å². The second-order valence-corrected chi connectivity index (χ2v) is 5.42. The number of carbonyl (C=O) groups excluding carboxylic acids is 2. The zero-order valence-corrected chi connectivity index (χ0v) is 14.8. The van der Waals surface area contributed by atoms with E-state index in [1.807, 2.05) is 20.8 Å². The van der Waals surface area contributed by atoms with Crippen molar-refractivity contribution in [2.24, 2.45) is 0 Å². The Morgan fingerprint density at radius 1 is 1.21 bits per heavy atom. The third-order valence-electron chi connectivity index (χ3n) is 2.99. The van der Waals surface area contributed by atoms with Crippen molar-refractivity contribution >= 4 is 18.0 Å². The average molecular weight is 335 g/mol.